The van der Waals surface area contributed by atoms with Crippen molar-refractivity contribution in [2.24, 2.45) is 5.10 Å². The zero-order valence-electron chi connectivity index (χ0n) is 16.4. The van der Waals surface area contributed by atoms with E-state index in [-0.39, 0.29) is 10.9 Å². The van der Waals surface area contributed by atoms with Crippen LogP contribution in [-0.4, -0.2) is 14.1 Å². The summed E-state index contributed by atoms with van der Waals surface area (Å²) in [4.78, 5) is 0.136. The Morgan fingerprint density at radius 3 is 2.28 bits per heavy atom. The molecule has 5 nitrogen and oxygen atoms in total. The number of sulfonamides is 1. The summed E-state index contributed by atoms with van der Waals surface area (Å²) in [6.45, 7) is 0. The number of hydrogen-bond acceptors (Lipinski definition) is 4. The van der Waals surface area contributed by atoms with Crippen LogP contribution >= 0.6 is 50.7 Å². The third-order valence-corrected chi connectivity index (χ3v) is 7.84. The Bertz CT molecular complexity index is 1270. The van der Waals surface area contributed by atoms with Gasteiger partial charge in [0.15, 0.2) is 0 Å². The fraction of sp³-hybridized carbons (Fsp3) is 0.136. The molecular formula is C22H17BrCl3N3O2S. The first-order chi connectivity index (χ1) is 15.2. The number of hydrogen-bond donors (Lipinski definition) is 2. The molecule has 0 aromatic heterocycles. The first kappa shape index (κ1) is 23.5. The molecule has 2 atom stereocenters. The SMILES string of the molecule is O=S(=O)(NC(C1=NNC(c2ccc(Cl)cc2)C1)c1ccc(Cl)cc1Cl)c1ccc(Br)cc1. The van der Waals surface area contributed by atoms with Crippen molar-refractivity contribution in [3.63, 3.8) is 0 Å². The van der Waals surface area contributed by atoms with Crippen molar-refractivity contribution in [1.29, 1.82) is 0 Å². The molecule has 0 spiro atoms. The van der Waals surface area contributed by atoms with Gasteiger partial charge in [0.2, 0.25) is 10.0 Å². The highest BCUT2D eigenvalue weighted by Crippen LogP contribution is 2.33. The highest BCUT2D eigenvalue weighted by atomic mass is 79.9. The Morgan fingerprint density at radius 2 is 1.62 bits per heavy atom. The smallest absolute Gasteiger partial charge is 0.241 e. The van der Waals surface area contributed by atoms with Gasteiger partial charge >= 0.3 is 0 Å². The van der Waals surface area contributed by atoms with Crippen LogP contribution in [0.15, 0.2) is 81.2 Å². The van der Waals surface area contributed by atoms with E-state index < -0.39 is 16.1 Å². The van der Waals surface area contributed by atoms with Crippen LogP contribution in [0.2, 0.25) is 15.1 Å². The summed E-state index contributed by atoms with van der Waals surface area (Å²) in [6.07, 6.45) is 0.480. The first-order valence-electron chi connectivity index (χ1n) is 9.53. The van der Waals surface area contributed by atoms with Gasteiger partial charge in [-0.15, -0.1) is 0 Å². The van der Waals surface area contributed by atoms with E-state index in [4.69, 9.17) is 34.8 Å². The monoisotopic (exact) mass is 571 g/mol. The fourth-order valence-corrected chi connectivity index (χ4v) is 5.53. The van der Waals surface area contributed by atoms with Crippen LogP contribution in [0.1, 0.15) is 29.6 Å². The molecule has 0 radical (unpaired) electrons. The molecule has 0 bridgehead atoms. The molecular weight excluding hydrogens is 557 g/mol. The van der Waals surface area contributed by atoms with E-state index in [2.05, 4.69) is 31.2 Å². The lowest BCUT2D eigenvalue weighted by Crippen LogP contribution is -2.33. The van der Waals surface area contributed by atoms with Crippen LogP contribution in [0, 0.1) is 0 Å². The van der Waals surface area contributed by atoms with E-state index in [0.29, 0.717) is 32.8 Å². The summed E-state index contributed by atoms with van der Waals surface area (Å²) in [5.41, 5.74) is 5.25. The molecule has 2 unspecified atom stereocenters. The van der Waals surface area contributed by atoms with Gasteiger partial charge in [-0.1, -0.05) is 68.9 Å². The van der Waals surface area contributed by atoms with E-state index in [9.17, 15) is 8.42 Å². The van der Waals surface area contributed by atoms with Crippen LogP contribution in [0.3, 0.4) is 0 Å². The molecule has 4 rings (SSSR count). The second-order valence-corrected chi connectivity index (χ2v) is 11.1. The summed E-state index contributed by atoms with van der Waals surface area (Å²) in [7, 11) is -3.86. The van der Waals surface area contributed by atoms with Gasteiger partial charge in [-0.25, -0.2) is 8.42 Å². The minimum Gasteiger partial charge on any atom is -0.302 e. The minimum atomic E-state index is -3.86. The van der Waals surface area contributed by atoms with Crippen molar-refractivity contribution in [2.75, 3.05) is 0 Å². The molecule has 10 heteroatoms. The van der Waals surface area contributed by atoms with Crippen LogP contribution in [0.5, 0.6) is 0 Å². The zero-order valence-corrected chi connectivity index (χ0v) is 21.1. The van der Waals surface area contributed by atoms with E-state index in [0.717, 1.165) is 10.0 Å². The van der Waals surface area contributed by atoms with Crippen LogP contribution < -0.4 is 10.1 Å². The maximum atomic E-state index is 13.2. The quantitative estimate of drug-likeness (QED) is 0.353. The Morgan fingerprint density at radius 1 is 0.969 bits per heavy atom. The molecule has 1 aliphatic heterocycles. The molecule has 32 heavy (non-hydrogen) atoms. The largest absolute Gasteiger partial charge is 0.302 e. The normalized spacial score (nSPS) is 17.0. The number of benzene rings is 3. The van der Waals surface area contributed by atoms with Gasteiger partial charge in [0.1, 0.15) is 0 Å². The second kappa shape index (κ2) is 9.71. The average molecular weight is 574 g/mol. The van der Waals surface area contributed by atoms with Gasteiger partial charge < -0.3 is 5.43 Å². The maximum absolute atomic E-state index is 13.2. The zero-order chi connectivity index (χ0) is 22.9. The summed E-state index contributed by atoms with van der Waals surface area (Å²) in [6, 6.07) is 17.9. The average Bonchev–Trinajstić information content (AvgIpc) is 3.23. The number of rotatable bonds is 6. The minimum absolute atomic E-state index is 0.118. The van der Waals surface area contributed by atoms with E-state index in [1.807, 2.05) is 12.1 Å². The summed E-state index contributed by atoms with van der Waals surface area (Å²) in [5, 5.41) is 5.90. The Hall–Kier alpha value is -1.61. The Balaban J connectivity index is 1.67. The first-order valence-corrected chi connectivity index (χ1v) is 12.9. The van der Waals surface area contributed by atoms with Gasteiger partial charge in [0, 0.05) is 26.0 Å². The Labute approximate surface area is 210 Å². The van der Waals surface area contributed by atoms with Crippen LogP contribution in [-0.2, 0) is 10.0 Å². The Kier molecular flexibility index (Phi) is 7.14. The molecule has 2 N–H and O–H groups in total. The van der Waals surface area contributed by atoms with Gasteiger partial charge in [0.25, 0.3) is 0 Å². The number of hydrazone groups is 1. The van der Waals surface area contributed by atoms with E-state index in [1.165, 1.54) is 12.1 Å². The predicted molar refractivity (Wildman–Crippen MR) is 133 cm³/mol. The lowest BCUT2D eigenvalue weighted by atomic mass is 9.96. The molecule has 166 valence electrons. The molecule has 0 fully saturated rings. The van der Waals surface area contributed by atoms with Gasteiger partial charge in [-0.2, -0.15) is 9.82 Å². The van der Waals surface area contributed by atoms with Crippen molar-refractivity contribution < 1.29 is 8.42 Å². The molecule has 0 saturated carbocycles. The molecule has 3 aromatic rings. The number of halogens is 4. The van der Waals surface area contributed by atoms with Gasteiger partial charge in [-0.3, -0.25) is 0 Å². The summed E-state index contributed by atoms with van der Waals surface area (Å²) in [5.74, 6) is 0. The van der Waals surface area contributed by atoms with Gasteiger partial charge in [0.05, 0.1) is 22.7 Å². The highest BCUT2D eigenvalue weighted by Gasteiger charge is 2.32. The third-order valence-electron chi connectivity index (χ3n) is 5.05. The van der Waals surface area contributed by atoms with Crippen molar-refractivity contribution in [1.82, 2.24) is 10.1 Å². The maximum Gasteiger partial charge on any atom is 0.241 e. The molecule has 0 saturated heterocycles. The molecule has 3 aromatic carbocycles. The van der Waals surface area contributed by atoms with Gasteiger partial charge in [-0.05, 0) is 59.7 Å². The standard InChI is InChI=1S/C22H17BrCl3N3O2S/c23-14-3-8-17(9-4-14)32(30,31)29-22(18-10-7-16(25)11-19(18)26)21-12-20(27-28-21)13-1-5-15(24)6-2-13/h1-11,20,22,27,29H,12H2. The highest BCUT2D eigenvalue weighted by molar-refractivity contribution is 9.10. The molecule has 0 amide bonds. The topological polar surface area (TPSA) is 70.6 Å². The number of nitrogens with one attached hydrogen (secondary N) is 2. The van der Waals surface area contributed by atoms with Crippen molar-refractivity contribution >= 4 is 66.5 Å². The summed E-state index contributed by atoms with van der Waals surface area (Å²) >= 11 is 21.8. The van der Waals surface area contributed by atoms with E-state index in [1.54, 1.807) is 42.5 Å². The van der Waals surface area contributed by atoms with E-state index >= 15 is 0 Å². The molecule has 0 aliphatic carbocycles. The van der Waals surface area contributed by atoms with Crippen LogP contribution in [0.4, 0.5) is 0 Å². The third kappa shape index (κ3) is 5.30. The predicted octanol–water partition coefficient (Wildman–Crippen LogP) is 6.52. The molecule has 1 heterocycles. The molecule has 1 aliphatic rings. The second-order valence-electron chi connectivity index (χ2n) is 7.21. The van der Waals surface area contributed by atoms with Crippen molar-refractivity contribution in [3.8, 4) is 0 Å². The lowest BCUT2D eigenvalue weighted by molar-refractivity contribution is 0.576. The lowest BCUT2D eigenvalue weighted by Gasteiger charge is -2.21. The fourth-order valence-electron chi connectivity index (χ4n) is 3.41. The summed E-state index contributed by atoms with van der Waals surface area (Å²) < 4.78 is 29.9. The van der Waals surface area contributed by atoms with Crippen molar-refractivity contribution in [3.05, 3.63) is 97.4 Å². The van der Waals surface area contributed by atoms with Crippen LogP contribution in [0.25, 0.3) is 0 Å². The van der Waals surface area contributed by atoms with Crippen molar-refractivity contribution in [2.45, 2.75) is 23.4 Å². The number of nitrogens with zero attached hydrogens (tertiary/aromatic N) is 1.